The van der Waals surface area contributed by atoms with Gasteiger partial charge in [-0.3, -0.25) is 4.79 Å². The minimum absolute atomic E-state index is 0.169. The Labute approximate surface area is 131 Å². The first-order valence-corrected chi connectivity index (χ1v) is 8.07. The van der Waals surface area contributed by atoms with Crippen molar-refractivity contribution in [2.45, 2.75) is 26.3 Å². The van der Waals surface area contributed by atoms with Crippen molar-refractivity contribution in [3.05, 3.63) is 44.8 Å². The first-order chi connectivity index (χ1) is 10.6. The lowest BCUT2D eigenvalue weighted by atomic mass is 10.1. The quantitative estimate of drug-likeness (QED) is 0.932. The number of hydrogen-bond donors (Lipinski definition) is 1. The maximum absolute atomic E-state index is 12.2. The maximum Gasteiger partial charge on any atom is 0.341 e. The highest BCUT2D eigenvalue weighted by molar-refractivity contribution is 7.13. The van der Waals surface area contributed by atoms with E-state index >= 15 is 0 Å². The molecule has 3 rings (SSSR count). The second-order valence-corrected chi connectivity index (χ2v) is 6.26. The van der Waals surface area contributed by atoms with Crippen LogP contribution < -0.4 is 10.5 Å². The Bertz CT molecular complexity index is 760. The minimum Gasteiger partial charge on any atom is -0.477 e. The van der Waals surface area contributed by atoms with E-state index in [0.29, 0.717) is 12.1 Å². The molecule has 1 aliphatic heterocycles. The first kappa shape index (κ1) is 14.8. The number of hydrogen-bond acceptors (Lipinski definition) is 5. The molecule has 1 fully saturated rings. The molecule has 2 aromatic heterocycles. The van der Waals surface area contributed by atoms with E-state index < -0.39 is 11.5 Å². The molecule has 0 atom stereocenters. The Morgan fingerprint density at radius 3 is 2.82 bits per heavy atom. The second kappa shape index (κ2) is 5.92. The van der Waals surface area contributed by atoms with E-state index in [2.05, 4.69) is 9.88 Å². The second-order valence-electron chi connectivity index (χ2n) is 5.43. The highest BCUT2D eigenvalue weighted by Gasteiger charge is 2.17. The van der Waals surface area contributed by atoms with Gasteiger partial charge in [-0.2, -0.15) is 0 Å². The first-order valence-electron chi connectivity index (χ1n) is 7.19. The lowest BCUT2D eigenvalue weighted by molar-refractivity contribution is 0.0693. The summed E-state index contributed by atoms with van der Waals surface area (Å²) in [5, 5.41) is 12.1. The fraction of sp³-hybridized carbons (Fsp3) is 0.400. The van der Waals surface area contributed by atoms with Crippen LogP contribution in [0.3, 0.4) is 0 Å². The van der Waals surface area contributed by atoms with Crippen molar-refractivity contribution < 1.29 is 9.90 Å². The molecule has 1 N–H and O–H groups in total. The van der Waals surface area contributed by atoms with Crippen molar-refractivity contribution in [2.24, 2.45) is 0 Å². The largest absolute Gasteiger partial charge is 0.477 e. The van der Waals surface area contributed by atoms with Crippen molar-refractivity contribution in [3.63, 3.8) is 0 Å². The number of anilines is 1. The van der Waals surface area contributed by atoms with E-state index in [-0.39, 0.29) is 5.56 Å². The Hall–Kier alpha value is -2.15. The maximum atomic E-state index is 12.2. The smallest absolute Gasteiger partial charge is 0.341 e. The number of aryl methyl sites for hydroxylation is 1. The van der Waals surface area contributed by atoms with Crippen LogP contribution in [0.2, 0.25) is 0 Å². The van der Waals surface area contributed by atoms with Gasteiger partial charge in [-0.1, -0.05) is 0 Å². The van der Waals surface area contributed by atoms with Crippen LogP contribution in [0.1, 0.15) is 34.5 Å². The van der Waals surface area contributed by atoms with E-state index in [9.17, 15) is 9.59 Å². The SMILES string of the molecule is Cc1ccn(Cc2csc(N3CCCC3)n2)c(=O)c1C(=O)O. The third-order valence-electron chi connectivity index (χ3n) is 3.84. The highest BCUT2D eigenvalue weighted by Crippen LogP contribution is 2.24. The van der Waals surface area contributed by atoms with Crippen LogP contribution in [-0.2, 0) is 6.54 Å². The zero-order valence-electron chi connectivity index (χ0n) is 12.3. The van der Waals surface area contributed by atoms with Crippen LogP contribution in [-0.4, -0.2) is 33.7 Å². The molecular weight excluding hydrogens is 302 g/mol. The van der Waals surface area contributed by atoms with Gasteiger partial charge in [0.25, 0.3) is 5.56 Å². The Morgan fingerprint density at radius 1 is 1.41 bits per heavy atom. The summed E-state index contributed by atoms with van der Waals surface area (Å²) in [6, 6.07) is 1.65. The van der Waals surface area contributed by atoms with Crippen molar-refractivity contribution in [1.29, 1.82) is 0 Å². The molecule has 0 bridgehead atoms. The fourth-order valence-corrected chi connectivity index (χ4v) is 3.52. The molecule has 3 heterocycles. The zero-order valence-corrected chi connectivity index (χ0v) is 13.1. The van der Waals surface area contributed by atoms with E-state index in [1.54, 1.807) is 30.5 Å². The number of aromatic carboxylic acids is 1. The number of carbonyl (C=O) groups is 1. The molecule has 116 valence electrons. The third kappa shape index (κ3) is 2.76. The lowest BCUT2D eigenvalue weighted by Crippen LogP contribution is -2.27. The summed E-state index contributed by atoms with van der Waals surface area (Å²) in [7, 11) is 0. The summed E-state index contributed by atoms with van der Waals surface area (Å²) >= 11 is 1.57. The van der Waals surface area contributed by atoms with Crippen LogP contribution in [0.15, 0.2) is 22.4 Å². The molecule has 2 aromatic rings. The molecule has 0 aliphatic carbocycles. The van der Waals surface area contributed by atoms with Gasteiger partial charge in [0.2, 0.25) is 0 Å². The summed E-state index contributed by atoms with van der Waals surface area (Å²) in [4.78, 5) is 30.2. The van der Waals surface area contributed by atoms with Gasteiger partial charge in [-0.25, -0.2) is 9.78 Å². The molecule has 6 nitrogen and oxygen atoms in total. The van der Waals surface area contributed by atoms with Crippen LogP contribution >= 0.6 is 11.3 Å². The van der Waals surface area contributed by atoms with Gasteiger partial charge in [0, 0.05) is 24.7 Å². The number of rotatable bonds is 4. The lowest BCUT2D eigenvalue weighted by Gasteiger charge is -2.12. The molecule has 7 heteroatoms. The average Bonchev–Trinajstić information content (AvgIpc) is 3.12. The van der Waals surface area contributed by atoms with Crippen LogP contribution in [0.5, 0.6) is 0 Å². The van der Waals surface area contributed by atoms with Crippen LogP contribution in [0.4, 0.5) is 5.13 Å². The predicted octanol–water partition coefficient (Wildman–Crippen LogP) is 1.96. The topological polar surface area (TPSA) is 75.4 Å². The van der Waals surface area contributed by atoms with Gasteiger partial charge in [-0.05, 0) is 31.4 Å². The average molecular weight is 319 g/mol. The number of thiazole rings is 1. The third-order valence-corrected chi connectivity index (χ3v) is 4.79. The molecule has 0 spiro atoms. The van der Waals surface area contributed by atoms with Crippen LogP contribution in [0, 0.1) is 6.92 Å². The van der Waals surface area contributed by atoms with Gasteiger partial charge >= 0.3 is 5.97 Å². The van der Waals surface area contributed by atoms with Gasteiger partial charge in [0.05, 0.1) is 12.2 Å². The molecule has 0 amide bonds. The number of carboxylic acids is 1. The Kier molecular flexibility index (Phi) is 3.98. The number of aromatic nitrogens is 2. The number of carboxylic acid groups (broad SMARTS) is 1. The molecule has 0 saturated carbocycles. The summed E-state index contributed by atoms with van der Waals surface area (Å²) in [6.07, 6.45) is 4.00. The van der Waals surface area contributed by atoms with Crippen molar-refractivity contribution in [3.8, 4) is 0 Å². The van der Waals surface area contributed by atoms with E-state index in [1.807, 2.05) is 5.38 Å². The zero-order chi connectivity index (χ0) is 15.7. The summed E-state index contributed by atoms with van der Waals surface area (Å²) in [5.74, 6) is -1.19. The van der Waals surface area contributed by atoms with Gasteiger partial charge in [0.15, 0.2) is 5.13 Å². The summed E-state index contributed by atoms with van der Waals surface area (Å²) < 4.78 is 1.40. The van der Waals surface area contributed by atoms with Gasteiger partial charge in [0.1, 0.15) is 5.56 Å². The summed E-state index contributed by atoms with van der Waals surface area (Å²) in [5.41, 5.74) is 0.611. The molecule has 0 radical (unpaired) electrons. The minimum atomic E-state index is -1.19. The number of nitrogens with zero attached hydrogens (tertiary/aromatic N) is 3. The van der Waals surface area contributed by atoms with Gasteiger partial charge in [-0.15, -0.1) is 11.3 Å². The Balaban J connectivity index is 1.86. The molecular formula is C15H17N3O3S. The normalized spacial score (nSPS) is 14.5. The van der Waals surface area contributed by atoms with Crippen molar-refractivity contribution in [2.75, 3.05) is 18.0 Å². The van der Waals surface area contributed by atoms with Gasteiger partial charge < -0.3 is 14.6 Å². The number of pyridine rings is 1. The Morgan fingerprint density at radius 2 is 2.14 bits per heavy atom. The molecule has 22 heavy (non-hydrogen) atoms. The summed E-state index contributed by atoms with van der Waals surface area (Å²) in [6.45, 7) is 3.98. The monoisotopic (exact) mass is 319 g/mol. The fourth-order valence-electron chi connectivity index (χ4n) is 2.65. The van der Waals surface area contributed by atoms with E-state index in [1.165, 1.54) is 17.4 Å². The highest BCUT2D eigenvalue weighted by atomic mass is 32.1. The van der Waals surface area contributed by atoms with Crippen LogP contribution in [0.25, 0.3) is 0 Å². The van der Waals surface area contributed by atoms with Crippen molar-refractivity contribution in [1.82, 2.24) is 9.55 Å². The van der Waals surface area contributed by atoms with E-state index in [0.717, 1.165) is 23.9 Å². The molecule has 1 aliphatic rings. The van der Waals surface area contributed by atoms with Crippen molar-refractivity contribution >= 4 is 22.4 Å². The predicted molar refractivity (Wildman–Crippen MR) is 85.1 cm³/mol. The van der Waals surface area contributed by atoms with E-state index in [4.69, 9.17) is 5.11 Å². The molecule has 0 unspecified atom stereocenters. The molecule has 0 aromatic carbocycles. The standard InChI is InChI=1S/C15H17N3O3S/c1-10-4-7-18(13(19)12(10)14(20)21)8-11-9-22-15(16-11)17-5-2-3-6-17/h4,7,9H,2-3,5-6,8H2,1H3,(H,20,21). The molecule has 1 saturated heterocycles.